The van der Waals surface area contributed by atoms with Crippen LogP contribution in [0.1, 0.15) is 38.7 Å². The largest absolute Gasteiger partial charge is 0.465 e. The number of pyridine rings is 1. The highest BCUT2D eigenvalue weighted by molar-refractivity contribution is 9.10. The third-order valence-corrected chi connectivity index (χ3v) is 7.49. The van der Waals surface area contributed by atoms with Crippen LogP contribution in [0.2, 0.25) is 0 Å². The molecule has 6 rings (SSSR count). The van der Waals surface area contributed by atoms with Crippen molar-refractivity contribution in [3.8, 4) is 11.3 Å². The van der Waals surface area contributed by atoms with Crippen LogP contribution in [0.4, 0.5) is 5.69 Å². The van der Waals surface area contributed by atoms with Crippen molar-refractivity contribution in [2.24, 2.45) is 0 Å². The monoisotopic (exact) mass is 516 g/mol. The molecule has 1 aliphatic carbocycles. The molecule has 0 atom stereocenters. The van der Waals surface area contributed by atoms with Crippen LogP contribution < -0.4 is 5.73 Å². The maximum Gasteiger partial charge on any atom is 0.205 e. The predicted octanol–water partition coefficient (Wildman–Crippen LogP) is 7.21. The number of thiophene rings is 1. The third kappa shape index (κ3) is 3.35. The number of nitrogen functional groups attached to an aromatic ring is 1. The maximum atomic E-state index is 13.3. The van der Waals surface area contributed by atoms with Gasteiger partial charge in [0.15, 0.2) is 0 Å². The second kappa shape index (κ2) is 7.86. The number of anilines is 1. The third-order valence-electron chi connectivity index (χ3n) is 5.87. The zero-order chi connectivity index (χ0) is 22.5. The number of ketones is 1. The van der Waals surface area contributed by atoms with Crippen molar-refractivity contribution < 1.29 is 13.6 Å². The molecule has 7 heteroatoms. The van der Waals surface area contributed by atoms with Crippen LogP contribution in [0.5, 0.6) is 0 Å². The van der Waals surface area contributed by atoms with Gasteiger partial charge in [0.1, 0.15) is 21.2 Å². The minimum Gasteiger partial charge on any atom is -0.465 e. The maximum absolute atomic E-state index is 13.3. The van der Waals surface area contributed by atoms with Crippen LogP contribution in [0.15, 0.2) is 74.4 Å². The van der Waals surface area contributed by atoms with Gasteiger partial charge < -0.3 is 14.6 Å². The first-order chi connectivity index (χ1) is 16.1. The first-order valence-corrected chi connectivity index (χ1v) is 12.0. The second-order valence-corrected chi connectivity index (χ2v) is 9.75. The van der Waals surface area contributed by atoms with Crippen molar-refractivity contribution in [2.75, 3.05) is 5.73 Å². The number of benzene rings is 1. The molecule has 0 fully saturated rings. The molecular weight excluding hydrogens is 500 g/mol. The van der Waals surface area contributed by atoms with Crippen molar-refractivity contribution >= 4 is 60.6 Å². The lowest BCUT2D eigenvalue weighted by atomic mass is 9.99. The minimum absolute atomic E-state index is 0.111. The van der Waals surface area contributed by atoms with Crippen LogP contribution in [0.25, 0.3) is 33.2 Å². The van der Waals surface area contributed by atoms with Gasteiger partial charge in [-0.2, -0.15) is 0 Å². The van der Waals surface area contributed by atoms with Crippen molar-refractivity contribution in [1.82, 2.24) is 4.98 Å². The van der Waals surface area contributed by atoms with Gasteiger partial charge in [-0.05, 0) is 78.6 Å². The number of allylic oxidation sites excluding steroid dienone is 1. The first-order valence-electron chi connectivity index (χ1n) is 10.4. The molecule has 4 heterocycles. The molecule has 1 aliphatic rings. The Morgan fingerprint density at radius 1 is 1.06 bits per heavy atom. The van der Waals surface area contributed by atoms with E-state index >= 15 is 0 Å². The SMILES string of the molecule is Nc1c(C(=O)c2ccc(Br)cc2)sc2nc3c(c(-c4ccco4)c12)CC/C3=C/c1ccco1. The van der Waals surface area contributed by atoms with Crippen LogP contribution in [-0.2, 0) is 6.42 Å². The van der Waals surface area contributed by atoms with E-state index in [1.54, 1.807) is 24.7 Å². The molecule has 0 bridgehead atoms. The zero-order valence-corrected chi connectivity index (χ0v) is 19.7. The van der Waals surface area contributed by atoms with E-state index in [1.807, 2.05) is 42.5 Å². The lowest BCUT2D eigenvalue weighted by molar-refractivity contribution is 0.104. The van der Waals surface area contributed by atoms with E-state index in [-0.39, 0.29) is 5.78 Å². The average molecular weight is 517 g/mol. The summed E-state index contributed by atoms with van der Waals surface area (Å²) in [7, 11) is 0. The number of aromatic nitrogens is 1. The molecule has 0 saturated carbocycles. The quantitative estimate of drug-likeness (QED) is 0.255. The summed E-state index contributed by atoms with van der Waals surface area (Å²) in [5.74, 6) is 1.40. The van der Waals surface area contributed by atoms with Crippen LogP contribution in [-0.4, -0.2) is 10.8 Å². The molecule has 33 heavy (non-hydrogen) atoms. The molecule has 0 saturated heterocycles. The molecule has 0 aliphatic heterocycles. The fraction of sp³-hybridized carbons (Fsp3) is 0.0769. The average Bonchev–Trinajstić information content (AvgIpc) is 3.62. The topological polar surface area (TPSA) is 82.3 Å². The summed E-state index contributed by atoms with van der Waals surface area (Å²) < 4.78 is 12.2. The van der Waals surface area contributed by atoms with Crippen LogP contribution >= 0.6 is 27.3 Å². The zero-order valence-electron chi connectivity index (χ0n) is 17.3. The highest BCUT2D eigenvalue weighted by atomic mass is 79.9. The summed E-state index contributed by atoms with van der Waals surface area (Å²) in [6.07, 6.45) is 7.00. The number of hydrogen-bond acceptors (Lipinski definition) is 6. The van der Waals surface area contributed by atoms with E-state index < -0.39 is 0 Å². The fourth-order valence-corrected chi connectivity index (χ4v) is 5.69. The fourth-order valence-electron chi connectivity index (χ4n) is 4.36. The van der Waals surface area contributed by atoms with Gasteiger partial charge in [-0.15, -0.1) is 11.3 Å². The summed E-state index contributed by atoms with van der Waals surface area (Å²) in [6.45, 7) is 0. The summed E-state index contributed by atoms with van der Waals surface area (Å²) in [5.41, 5.74) is 11.7. The van der Waals surface area contributed by atoms with Gasteiger partial charge in [0, 0.05) is 21.0 Å². The van der Waals surface area contributed by atoms with Crippen LogP contribution in [0.3, 0.4) is 0 Å². The van der Waals surface area contributed by atoms with Crippen molar-refractivity contribution in [2.45, 2.75) is 12.8 Å². The number of halogens is 1. The van der Waals surface area contributed by atoms with Gasteiger partial charge in [-0.1, -0.05) is 15.9 Å². The number of nitrogens with two attached hydrogens (primary N) is 1. The first kappa shape index (κ1) is 20.2. The summed E-state index contributed by atoms with van der Waals surface area (Å²) in [4.78, 5) is 19.5. The predicted molar refractivity (Wildman–Crippen MR) is 134 cm³/mol. The molecular formula is C26H17BrN2O3S. The Bertz CT molecular complexity index is 1530. The number of carbonyl (C=O) groups excluding carboxylic acids is 1. The second-order valence-electron chi connectivity index (χ2n) is 7.84. The van der Waals surface area contributed by atoms with E-state index in [9.17, 15) is 4.79 Å². The van der Waals surface area contributed by atoms with E-state index in [1.165, 1.54) is 11.3 Å². The lowest BCUT2D eigenvalue weighted by Gasteiger charge is -2.09. The molecule has 162 valence electrons. The Labute approximate surface area is 201 Å². The van der Waals surface area contributed by atoms with Gasteiger partial charge in [0.05, 0.1) is 23.9 Å². The number of carbonyl (C=O) groups is 1. The standard InChI is InChI=1S/C26H17BrN2O3S/c27-16-8-5-14(6-9-16)24(30)25-22(28)21-20(19-4-2-12-32-19)18-10-7-15(13-17-3-1-11-31-17)23(18)29-26(21)33-25/h1-6,8-9,11-13H,7,10,28H2/b15-13-. The number of furan rings is 2. The smallest absolute Gasteiger partial charge is 0.205 e. The Morgan fingerprint density at radius 3 is 2.58 bits per heavy atom. The van der Waals surface area contributed by atoms with E-state index in [4.69, 9.17) is 19.6 Å². The van der Waals surface area contributed by atoms with Gasteiger partial charge >= 0.3 is 0 Å². The van der Waals surface area contributed by atoms with Gasteiger partial charge in [-0.3, -0.25) is 4.79 Å². The molecule has 5 nitrogen and oxygen atoms in total. The molecule has 1 aromatic carbocycles. The van der Waals surface area contributed by atoms with Gasteiger partial charge in [-0.25, -0.2) is 4.98 Å². The number of hydrogen-bond donors (Lipinski definition) is 1. The Kier molecular flexibility index (Phi) is 4.81. The number of rotatable bonds is 4. The summed E-state index contributed by atoms with van der Waals surface area (Å²) in [5, 5.41) is 0.786. The van der Waals surface area contributed by atoms with E-state index in [2.05, 4.69) is 15.9 Å². The molecule has 0 radical (unpaired) electrons. The highest BCUT2D eigenvalue weighted by Gasteiger charge is 2.30. The molecule has 4 aromatic heterocycles. The minimum atomic E-state index is -0.111. The van der Waals surface area contributed by atoms with Crippen molar-refractivity contribution in [3.05, 3.63) is 93.0 Å². The number of nitrogens with zero attached hydrogens (tertiary/aromatic N) is 1. The van der Waals surface area contributed by atoms with Crippen molar-refractivity contribution in [1.29, 1.82) is 0 Å². The van der Waals surface area contributed by atoms with E-state index in [0.29, 0.717) is 16.1 Å². The van der Waals surface area contributed by atoms with E-state index in [0.717, 1.165) is 61.4 Å². The summed E-state index contributed by atoms with van der Waals surface area (Å²) >= 11 is 4.74. The van der Waals surface area contributed by atoms with Crippen molar-refractivity contribution in [3.63, 3.8) is 0 Å². The lowest BCUT2D eigenvalue weighted by Crippen LogP contribution is -2.02. The van der Waals surface area contributed by atoms with Gasteiger partial charge in [0.25, 0.3) is 0 Å². The normalized spacial score (nSPS) is 14.3. The highest BCUT2D eigenvalue weighted by Crippen LogP contribution is 2.47. The molecule has 2 N–H and O–H groups in total. The molecule has 5 aromatic rings. The van der Waals surface area contributed by atoms with Crippen LogP contribution in [0, 0.1) is 0 Å². The Balaban J connectivity index is 1.58. The molecule has 0 amide bonds. The molecule has 0 unspecified atom stereocenters. The molecule has 0 spiro atoms. The Morgan fingerprint density at radius 2 is 1.85 bits per heavy atom. The number of fused-ring (bicyclic) bond motifs is 2. The summed E-state index contributed by atoms with van der Waals surface area (Å²) in [6, 6.07) is 14.9. The van der Waals surface area contributed by atoms with Gasteiger partial charge in [0.2, 0.25) is 5.78 Å². The Hall–Kier alpha value is -3.42.